The van der Waals surface area contributed by atoms with E-state index in [-0.39, 0.29) is 60.7 Å². The van der Waals surface area contributed by atoms with E-state index in [1.807, 2.05) is 0 Å². The van der Waals surface area contributed by atoms with Crippen LogP contribution in [-0.4, -0.2) is 152 Å². The zero-order valence-corrected chi connectivity index (χ0v) is 33.0. The van der Waals surface area contributed by atoms with Crippen LogP contribution in [0.25, 0.3) is 0 Å². The highest BCUT2D eigenvalue weighted by atomic mass is 32.2. The maximum atomic E-state index is 13.6. The first kappa shape index (κ1) is 45.9. The molecular weight excluding hydrogens is 804 g/mol. The van der Waals surface area contributed by atoms with Gasteiger partial charge in [-0.05, 0) is 25.7 Å². The number of aliphatic carboxylic acids is 2. The number of imide groups is 1. The van der Waals surface area contributed by atoms with E-state index in [0.29, 0.717) is 19.3 Å². The summed E-state index contributed by atoms with van der Waals surface area (Å²) >= 11 is 1.74. The molecular formula is C35H48N8O15S. The number of nitrogens with zero attached hydrogens (tertiary/aromatic N) is 2. The van der Waals surface area contributed by atoms with Gasteiger partial charge in [-0.25, -0.2) is 14.4 Å². The maximum absolute atomic E-state index is 13.6. The van der Waals surface area contributed by atoms with Gasteiger partial charge in [0.25, 0.3) is 11.8 Å². The third-order valence-corrected chi connectivity index (χ3v) is 11.5. The van der Waals surface area contributed by atoms with Crippen LogP contribution in [0.15, 0.2) is 0 Å². The fourth-order valence-corrected chi connectivity index (χ4v) is 8.70. The van der Waals surface area contributed by atoms with Crippen LogP contribution in [0.4, 0.5) is 4.79 Å². The van der Waals surface area contributed by atoms with Gasteiger partial charge in [0, 0.05) is 56.7 Å². The summed E-state index contributed by atoms with van der Waals surface area (Å²) in [4.78, 5) is 155. The molecule has 0 radical (unpaired) electrons. The van der Waals surface area contributed by atoms with Crippen molar-refractivity contribution < 1.29 is 72.6 Å². The molecule has 7 unspecified atom stereocenters. The van der Waals surface area contributed by atoms with Gasteiger partial charge in [0.05, 0.1) is 43.4 Å². The standard InChI is InChI=1S/C35H48N8O15S/c1-17(44)38-19(13-29(50)51)33(54)42-10-4-5-22(42)23(45)11-18(12-30(52)58-43-27(48)8-9-28(43)49)32(53)37-15-26(47)39-20(34(55)56)14-36-25(46)7-3-2-6-24-31-21(16-59-24)40-35(57)41-31/h18-22,24,31H,2-16H2,1H3,(H,36,46)(H,37,53)(H,38,44)(H,39,47)(H,50,51)(H,55,56)(H2,40,41,57). The molecule has 0 saturated carbocycles. The molecule has 0 aromatic heterocycles. The first-order chi connectivity index (χ1) is 27.9. The maximum Gasteiger partial charge on any atom is 0.334 e. The van der Waals surface area contributed by atoms with Crippen LogP contribution >= 0.6 is 11.8 Å². The second-order valence-electron chi connectivity index (χ2n) is 14.5. The van der Waals surface area contributed by atoms with Crippen molar-refractivity contribution >= 4 is 82.8 Å². The van der Waals surface area contributed by atoms with Gasteiger partial charge < -0.3 is 51.9 Å². The Morgan fingerprint density at radius 3 is 2.25 bits per heavy atom. The van der Waals surface area contributed by atoms with Crippen LogP contribution in [0, 0.1) is 5.92 Å². The first-order valence-electron chi connectivity index (χ1n) is 19.1. The Balaban J connectivity index is 1.31. The van der Waals surface area contributed by atoms with Crippen LogP contribution in [0.2, 0.25) is 0 Å². The zero-order valence-electron chi connectivity index (χ0n) is 32.2. The van der Waals surface area contributed by atoms with E-state index < -0.39 is 121 Å². The van der Waals surface area contributed by atoms with E-state index in [9.17, 15) is 67.7 Å². The summed E-state index contributed by atoms with van der Waals surface area (Å²) in [6.07, 6.45) is -0.424. The Kier molecular flexibility index (Phi) is 16.5. The number of Topliss-reactive ketones (excluding diaryl/α,β-unsaturated/α-hetero) is 1. The molecule has 0 spiro atoms. The summed E-state index contributed by atoms with van der Waals surface area (Å²) in [5, 5.41) is 34.2. The minimum Gasteiger partial charge on any atom is -0.481 e. The van der Waals surface area contributed by atoms with Crippen molar-refractivity contribution in [1.29, 1.82) is 0 Å². The van der Waals surface area contributed by atoms with E-state index >= 15 is 0 Å². The van der Waals surface area contributed by atoms with Gasteiger partial charge in [-0.15, -0.1) is 5.06 Å². The molecule has 59 heavy (non-hydrogen) atoms. The van der Waals surface area contributed by atoms with Crippen molar-refractivity contribution in [1.82, 2.24) is 41.9 Å². The molecule has 4 saturated heterocycles. The van der Waals surface area contributed by atoms with Crippen molar-refractivity contribution in [2.75, 3.05) is 25.4 Å². The molecule has 0 aromatic carbocycles. The van der Waals surface area contributed by atoms with Crippen molar-refractivity contribution in [3.63, 3.8) is 0 Å². The largest absolute Gasteiger partial charge is 0.481 e. The van der Waals surface area contributed by atoms with Gasteiger partial charge in [-0.2, -0.15) is 11.8 Å². The van der Waals surface area contributed by atoms with E-state index in [1.165, 1.54) is 0 Å². The van der Waals surface area contributed by atoms with Crippen molar-refractivity contribution in [2.45, 2.75) is 113 Å². The number of carboxylic acid groups (broad SMARTS) is 2. The van der Waals surface area contributed by atoms with Gasteiger partial charge >= 0.3 is 23.9 Å². The smallest absolute Gasteiger partial charge is 0.334 e. The molecule has 4 fully saturated rings. The fourth-order valence-electron chi connectivity index (χ4n) is 7.16. The number of likely N-dealkylation sites (tertiary alicyclic amines) is 1. The number of nitrogens with one attached hydrogen (secondary N) is 6. The highest BCUT2D eigenvalue weighted by Crippen LogP contribution is 2.33. The number of thioether (sulfide) groups is 1. The lowest BCUT2D eigenvalue weighted by Gasteiger charge is -2.28. The van der Waals surface area contributed by atoms with Gasteiger partial charge in [-0.1, -0.05) is 6.42 Å². The SMILES string of the molecule is CC(=O)NC(CC(=O)O)C(=O)N1CCCC1C(=O)CC(CC(=O)ON1C(=O)CCC1=O)C(=O)NCC(=O)NC(CNC(=O)CCCCC1SCC2NC(=O)NC21)C(=O)O. The summed E-state index contributed by atoms with van der Waals surface area (Å²) < 4.78 is 0. The van der Waals surface area contributed by atoms with Crippen LogP contribution in [0.3, 0.4) is 0 Å². The number of hydrogen-bond donors (Lipinski definition) is 8. The van der Waals surface area contributed by atoms with Crippen LogP contribution in [0.5, 0.6) is 0 Å². The molecule has 4 heterocycles. The molecule has 7 atom stereocenters. The van der Waals surface area contributed by atoms with Gasteiger partial charge in [0.15, 0.2) is 5.78 Å². The van der Waals surface area contributed by atoms with Crippen molar-refractivity contribution in [3.8, 4) is 0 Å². The van der Waals surface area contributed by atoms with Gasteiger partial charge in [0.1, 0.15) is 12.1 Å². The highest BCUT2D eigenvalue weighted by molar-refractivity contribution is 8.00. The summed E-state index contributed by atoms with van der Waals surface area (Å²) in [5.41, 5.74) is 0. The number of hydroxylamine groups is 2. The minimum absolute atomic E-state index is 0.00879. The molecule has 24 heteroatoms. The van der Waals surface area contributed by atoms with Gasteiger partial charge in [0.2, 0.25) is 29.5 Å². The molecule has 4 aliphatic heterocycles. The highest BCUT2D eigenvalue weighted by Gasteiger charge is 2.43. The number of unbranched alkanes of at least 4 members (excludes halogenated alkanes) is 1. The average molecular weight is 853 g/mol. The second-order valence-corrected chi connectivity index (χ2v) is 15.8. The zero-order chi connectivity index (χ0) is 43.4. The minimum atomic E-state index is -1.61. The molecule has 0 bridgehead atoms. The van der Waals surface area contributed by atoms with Crippen molar-refractivity contribution in [3.05, 3.63) is 0 Å². The molecule has 324 valence electrons. The predicted molar refractivity (Wildman–Crippen MR) is 199 cm³/mol. The Bertz CT molecular complexity index is 1700. The Morgan fingerprint density at radius 2 is 1.59 bits per heavy atom. The molecule has 0 aromatic rings. The fraction of sp³-hybridized carbons (Fsp3) is 0.657. The lowest BCUT2D eigenvalue weighted by molar-refractivity contribution is -0.198. The Morgan fingerprint density at radius 1 is 0.881 bits per heavy atom. The van der Waals surface area contributed by atoms with E-state index in [2.05, 4.69) is 31.9 Å². The van der Waals surface area contributed by atoms with Crippen LogP contribution < -0.4 is 31.9 Å². The van der Waals surface area contributed by atoms with Crippen molar-refractivity contribution in [2.24, 2.45) is 5.92 Å². The lowest BCUT2D eigenvalue weighted by atomic mass is 9.93. The quantitative estimate of drug-likeness (QED) is 0.0307. The average Bonchev–Trinajstić information content (AvgIpc) is 3.95. The summed E-state index contributed by atoms with van der Waals surface area (Å²) in [5.74, 6) is -11.4. The Hall–Kier alpha value is -5.81. The van der Waals surface area contributed by atoms with Crippen LogP contribution in [0.1, 0.15) is 77.6 Å². The molecule has 4 aliphatic rings. The molecule has 23 nitrogen and oxygen atoms in total. The number of ketones is 1. The van der Waals surface area contributed by atoms with Gasteiger partial charge in [-0.3, -0.25) is 43.2 Å². The third-order valence-electron chi connectivity index (χ3n) is 10.0. The van der Waals surface area contributed by atoms with Crippen LogP contribution in [-0.2, 0) is 57.6 Å². The third kappa shape index (κ3) is 13.4. The normalized spacial score (nSPS) is 22.3. The number of rotatable bonds is 22. The number of fused-ring (bicyclic) bond motifs is 1. The molecule has 0 aliphatic carbocycles. The topological polar surface area (TPSA) is 333 Å². The number of hydrogen-bond acceptors (Lipinski definition) is 14. The number of carbonyl (C=O) groups excluding carboxylic acids is 10. The summed E-state index contributed by atoms with van der Waals surface area (Å²) in [6, 6.07) is -4.39. The lowest BCUT2D eigenvalue weighted by Crippen LogP contribution is -2.52. The predicted octanol–water partition coefficient (Wildman–Crippen LogP) is -2.94. The molecule has 4 rings (SSSR count). The number of urea groups is 1. The molecule has 8 N–H and O–H groups in total. The van der Waals surface area contributed by atoms with E-state index in [0.717, 1.165) is 24.0 Å². The monoisotopic (exact) mass is 852 g/mol. The number of amides is 9. The van der Waals surface area contributed by atoms with E-state index in [1.54, 1.807) is 11.8 Å². The summed E-state index contributed by atoms with van der Waals surface area (Å²) in [7, 11) is 0. The molecule has 9 amide bonds. The number of carbonyl (C=O) groups is 12. The summed E-state index contributed by atoms with van der Waals surface area (Å²) in [6.45, 7) is -0.254. The van der Waals surface area contributed by atoms with E-state index in [4.69, 9.17) is 4.84 Å². The number of carboxylic acids is 2. The second kappa shape index (κ2) is 21.3. The first-order valence-corrected chi connectivity index (χ1v) is 20.1. The Labute approximate surface area is 341 Å².